The Kier molecular flexibility index (Phi) is 4.28. The second-order valence-electron chi connectivity index (χ2n) is 5.97. The Labute approximate surface area is 118 Å². The minimum atomic E-state index is 0.294. The third-order valence-corrected chi connectivity index (χ3v) is 3.95. The van der Waals surface area contributed by atoms with Crippen molar-refractivity contribution in [2.45, 2.75) is 45.2 Å². The maximum Gasteiger partial charge on any atom is 0.0540 e. The van der Waals surface area contributed by atoms with Gasteiger partial charge in [0.15, 0.2) is 0 Å². The van der Waals surface area contributed by atoms with E-state index in [1.165, 1.54) is 25.9 Å². The molecule has 0 saturated carbocycles. The molecule has 2 heterocycles. The SMILES string of the molecule is CC(C)(C)N1CCC(Nc2cncc(Br)c2)CC1. The van der Waals surface area contributed by atoms with Gasteiger partial charge >= 0.3 is 0 Å². The molecule has 1 aliphatic heterocycles. The van der Waals surface area contributed by atoms with E-state index in [9.17, 15) is 0 Å². The summed E-state index contributed by atoms with van der Waals surface area (Å²) in [5, 5.41) is 3.57. The first-order valence-electron chi connectivity index (χ1n) is 6.57. The van der Waals surface area contributed by atoms with Crippen LogP contribution in [0.3, 0.4) is 0 Å². The van der Waals surface area contributed by atoms with E-state index in [1.54, 1.807) is 0 Å². The van der Waals surface area contributed by atoms with E-state index in [-0.39, 0.29) is 0 Å². The number of likely N-dealkylation sites (tertiary alicyclic amines) is 1. The highest BCUT2D eigenvalue weighted by molar-refractivity contribution is 9.10. The fourth-order valence-electron chi connectivity index (χ4n) is 2.42. The molecule has 3 nitrogen and oxygen atoms in total. The van der Waals surface area contributed by atoms with Gasteiger partial charge in [-0.2, -0.15) is 0 Å². The van der Waals surface area contributed by atoms with Crippen molar-refractivity contribution in [3.05, 3.63) is 22.9 Å². The van der Waals surface area contributed by atoms with Gasteiger partial charge in [-0.1, -0.05) is 0 Å². The number of hydrogen-bond acceptors (Lipinski definition) is 3. The average Bonchev–Trinajstić information content (AvgIpc) is 2.28. The van der Waals surface area contributed by atoms with E-state index in [1.807, 2.05) is 12.4 Å². The Bertz CT molecular complexity index is 392. The predicted molar refractivity (Wildman–Crippen MR) is 79.9 cm³/mol. The Balaban J connectivity index is 1.87. The summed E-state index contributed by atoms with van der Waals surface area (Å²) in [4.78, 5) is 6.74. The van der Waals surface area contributed by atoms with Gasteiger partial charge in [-0.15, -0.1) is 0 Å². The molecule has 0 atom stereocenters. The van der Waals surface area contributed by atoms with Crippen molar-refractivity contribution < 1.29 is 0 Å². The number of halogens is 1. The third-order valence-electron chi connectivity index (χ3n) is 3.52. The summed E-state index contributed by atoms with van der Waals surface area (Å²) in [6.45, 7) is 9.21. The van der Waals surface area contributed by atoms with Crippen LogP contribution in [0.5, 0.6) is 0 Å². The van der Waals surface area contributed by atoms with Crippen molar-refractivity contribution in [3.63, 3.8) is 0 Å². The highest BCUT2D eigenvalue weighted by Crippen LogP contribution is 2.23. The summed E-state index contributed by atoms with van der Waals surface area (Å²) in [5.74, 6) is 0. The quantitative estimate of drug-likeness (QED) is 0.905. The first kappa shape index (κ1) is 13.8. The van der Waals surface area contributed by atoms with E-state index >= 15 is 0 Å². The second kappa shape index (κ2) is 5.57. The van der Waals surface area contributed by atoms with Gasteiger partial charge in [-0.05, 0) is 55.6 Å². The van der Waals surface area contributed by atoms with Crippen molar-refractivity contribution in [1.82, 2.24) is 9.88 Å². The van der Waals surface area contributed by atoms with Crippen molar-refractivity contribution in [2.24, 2.45) is 0 Å². The third kappa shape index (κ3) is 3.69. The van der Waals surface area contributed by atoms with Gasteiger partial charge in [0, 0.05) is 35.3 Å². The maximum atomic E-state index is 4.18. The summed E-state index contributed by atoms with van der Waals surface area (Å²) >= 11 is 3.45. The van der Waals surface area contributed by atoms with E-state index in [4.69, 9.17) is 0 Å². The van der Waals surface area contributed by atoms with Gasteiger partial charge in [0.1, 0.15) is 0 Å². The molecule has 0 bridgehead atoms. The van der Waals surface area contributed by atoms with Crippen LogP contribution in [0.4, 0.5) is 5.69 Å². The lowest BCUT2D eigenvalue weighted by atomic mass is 9.98. The molecular weight excluding hydrogens is 290 g/mol. The molecular formula is C14H22BrN3. The Morgan fingerprint density at radius 3 is 2.50 bits per heavy atom. The number of nitrogens with zero attached hydrogens (tertiary/aromatic N) is 2. The van der Waals surface area contributed by atoms with Crippen LogP contribution in [0.25, 0.3) is 0 Å². The largest absolute Gasteiger partial charge is 0.381 e. The number of aromatic nitrogens is 1. The normalized spacial score (nSPS) is 18.9. The monoisotopic (exact) mass is 311 g/mol. The average molecular weight is 312 g/mol. The van der Waals surface area contributed by atoms with Crippen LogP contribution in [0.2, 0.25) is 0 Å². The first-order chi connectivity index (χ1) is 8.45. The number of hydrogen-bond donors (Lipinski definition) is 1. The number of piperidine rings is 1. The molecule has 1 N–H and O–H groups in total. The molecule has 1 aromatic heterocycles. The topological polar surface area (TPSA) is 28.2 Å². The van der Waals surface area contributed by atoms with Crippen LogP contribution in [0.1, 0.15) is 33.6 Å². The van der Waals surface area contributed by atoms with Crippen LogP contribution in [0.15, 0.2) is 22.9 Å². The van der Waals surface area contributed by atoms with Gasteiger partial charge in [0.2, 0.25) is 0 Å². The minimum Gasteiger partial charge on any atom is -0.381 e. The van der Waals surface area contributed by atoms with E-state index in [2.05, 4.69) is 58.0 Å². The molecule has 4 heteroatoms. The van der Waals surface area contributed by atoms with Crippen LogP contribution in [0, 0.1) is 0 Å². The van der Waals surface area contributed by atoms with Crippen LogP contribution < -0.4 is 5.32 Å². The lowest BCUT2D eigenvalue weighted by Gasteiger charge is -2.41. The molecule has 0 aromatic carbocycles. The molecule has 0 aliphatic carbocycles. The summed E-state index contributed by atoms with van der Waals surface area (Å²) in [6.07, 6.45) is 6.10. The standard InChI is InChI=1S/C14H22BrN3/c1-14(2,3)18-6-4-12(5-7-18)17-13-8-11(15)9-16-10-13/h8-10,12,17H,4-7H2,1-3H3. The molecule has 1 aliphatic rings. The lowest BCUT2D eigenvalue weighted by molar-refractivity contribution is 0.106. The highest BCUT2D eigenvalue weighted by Gasteiger charge is 2.26. The molecule has 0 amide bonds. The molecule has 2 rings (SSSR count). The molecule has 0 spiro atoms. The Hall–Kier alpha value is -0.610. The van der Waals surface area contributed by atoms with Crippen molar-refractivity contribution >= 4 is 21.6 Å². The van der Waals surface area contributed by atoms with Gasteiger partial charge in [0.05, 0.1) is 11.9 Å². The number of pyridine rings is 1. The number of nitrogens with one attached hydrogen (secondary N) is 1. The van der Waals surface area contributed by atoms with Gasteiger partial charge in [0.25, 0.3) is 0 Å². The zero-order valence-electron chi connectivity index (χ0n) is 11.4. The Morgan fingerprint density at radius 1 is 1.28 bits per heavy atom. The zero-order valence-corrected chi connectivity index (χ0v) is 13.0. The first-order valence-corrected chi connectivity index (χ1v) is 7.36. The molecule has 1 aromatic rings. The number of anilines is 1. The maximum absolute atomic E-state index is 4.18. The van der Waals surface area contributed by atoms with Crippen LogP contribution in [-0.4, -0.2) is 34.6 Å². The fourth-order valence-corrected chi connectivity index (χ4v) is 2.79. The summed E-state index contributed by atoms with van der Waals surface area (Å²) < 4.78 is 1.03. The van der Waals surface area contributed by atoms with Crippen molar-refractivity contribution in [1.29, 1.82) is 0 Å². The molecule has 1 fully saturated rings. The smallest absolute Gasteiger partial charge is 0.0540 e. The molecule has 100 valence electrons. The fraction of sp³-hybridized carbons (Fsp3) is 0.643. The summed E-state index contributed by atoms with van der Waals surface area (Å²) in [6, 6.07) is 2.66. The van der Waals surface area contributed by atoms with Crippen molar-refractivity contribution in [2.75, 3.05) is 18.4 Å². The predicted octanol–water partition coefficient (Wildman–Crippen LogP) is 3.52. The summed E-state index contributed by atoms with van der Waals surface area (Å²) in [5.41, 5.74) is 1.40. The van der Waals surface area contributed by atoms with E-state index < -0.39 is 0 Å². The van der Waals surface area contributed by atoms with E-state index in [0.29, 0.717) is 11.6 Å². The van der Waals surface area contributed by atoms with Crippen molar-refractivity contribution in [3.8, 4) is 0 Å². The van der Waals surface area contributed by atoms with Crippen LogP contribution in [-0.2, 0) is 0 Å². The van der Waals surface area contributed by atoms with Gasteiger partial charge in [-0.25, -0.2) is 0 Å². The van der Waals surface area contributed by atoms with Gasteiger partial charge in [-0.3, -0.25) is 9.88 Å². The van der Waals surface area contributed by atoms with Crippen LogP contribution >= 0.6 is 15.9 Å². The minimum absolute atomic E-state index is 0.294. The molecule has 18 heavy (non-hydrogen) atoms. The summed E-state index contributed by atoms with van der Waals surface area (Å²) in [7, 11) is 0. The zero-order chi connectivity index (χ0) is 13.2. The molecule has 0 radical (unpaired) electrons. The highest BCUT2D eigenvalue weighted by atomic mass is 79.9. The molecule has 0 unspecified atom stereocenters. The molecule has 1 saturated heterocycles. The van der Waals surface area contributed by atoms with E-state index in [0.717, 1.165) is 10.2 Å². The number of rotatable bonds is 2. The second-order valence-corrected chi connectivity index (χ2v) is 6.88. The lowest BCUT2D eigenvalue weighted by Crippen LogP contribution is -2.48. The Morgan fingerprint density at radius 2 is 1.94 bits per heavy atom. The van der Waals surface area contributed by atoms with Gasteiger partial charge < -0.3 is 5.32 Å².